The second-order valence-electron chi connectivity index (χ2n) is 28.3. The van der Waals surface area contributed by atoms with Gasteiger partial charge in [0.05, 0.1) is 61.2 Å². The van der Waals surface area contributed by atoms with Gasteiger partial charge in [-0.15, -0.1) is 0 Å². The van der Waals surface area contributed by atoms with Gasteiger partial charge in [-0.2, -0.15) is 0 Å². The molecule has 18 aromatic carbocycles. The Hall–Kier alpha value is -13.9. The zero-order valence-electron chi connectivity index (χ0n) is 59.4. The molecule has 3 radical (unpaired) electrons. The summed E-state index contributed by atoms with van der Waals surface area (Å²) in [5, 5.41) is 19.8. The van der Waals surface area contributed by atoms with Gasteiger partial charge >= 0.3 is 0 Å². The molecule has 5 heterocycles. The van der Waals surface area contributed by atoms with E-state index in [1.54, 1.807) is 0 Å². The number of rotatable bonds is 5. The second-order valence-corrected chi connectivity index (χ2v) is 29.2. The molecule has 0 N–H and O–H groups in total. The molecule has 0 amide bonds. The summed E-state index contributed by atoms with van der Waals surface area (Å²) in [7, 11) is 0. The molecule has 4 aromatic heterocycles. The Morgan fingerprint density at radius 3 is 1.16 bits per heavy atom. The molecule has 0 saturated carbocycles. The van der Waals surface area contributed by atoms with Crippen LogP contribution in [0, 0.1) is 0 Å². The van der Waals surface area contributed by atoms with E-state index in [1.165, 1.54) is 109 Å². The first kappa shape index (κ1) is 66.6. The SMILES string of the molecule is Brc1ccc(-c2nc3ccccc3nc2-n2c3ccccc3c3ccccc32)c2ccccc12.C.[B].c1ccc2c3c(ccc2c1)Cc1cccc2cccc-3c12.c1ccc2c3c(ccc2c1)N(c1ccc(-c2nc4ccccc4nc2-n2c4ccccc4c4ccccc42)c2ccccc12)c1cccc2cccc-3c12. The van der Waals surface area contributed by atoms with E-state index in [-0.39, 0.29) is 15.8 Å². The van der Waals surface area contributed by atoms with E-state index in [2.05, 4.69) is 358 Å². The highest BCUT2D eigenvalue weighted by molar-refractivity contribution is 9.10. The predicted molar refractivity (Wildman–Crippen MR) is 472 cm³/mol. The molecule has 1 aliphatic carbocycles. The number of benzene rings is 18. The van der Waals surface area contributed by atoms with E-state index in [0.717, 1.165) is 116 Å². The number of nitrogens with zero attached hydrogens (tertiary/aromatic N) is 7. The Morgan fingerprint density at radius 1 is 0.243 bits per heavy atom. The molecular weight excluding hydrogens is 1410 g/mol. The second kappa shape index (κ2) is 26.8. The van der Waals surface area contributed by atoms with Gasteiger partial charge in [-0.25, -0.2) is 19.9 Å². The fraction of sp³-hybridized carbons (Fsp3) is 0.0196. The lowest BCUT2D eigenvalue weighted by atomic mass is 9.81. The lowest BCUT2D eigenvalue weighted by Crippen LogP contribution is -2.15. The molecule has 519 valence electrons. The van der Waals surface area contributed by atoms with Crippen molar-refractivity contribution in [2.45, 2.75) is 13.8 Å². The van der Waals surface area contributed by atoms with E-state index in [4.69, 9.17) is 19.9 Å². The van der Waals surface area contributed by atoms with Gasteiger partial charge in [-0.05, 0) is 167 Å². The molecule has 111 heavy (non-hydrogen) atoms. The van der Waals surface area contributed by atoms with Crippen LogP contribution in [-0.4, -0.2) is 37.5 Å². The summed E-state index contributed by atoms with van der Waals surface area (Å²) in [5.74, 6) is 1.65. The van der Waals surface area contributed by atoms with Gasteiger partial charge in [0.15, 0.2) is 11.6 Å². The number of para-hydroxylation sites is 8. The summed E-state index contributed by atoms with van der Waals surface area (Å²) in [6, 6.07) is 130. The smallest absolute Gasteiger partial charge is 0.165 e. The van der Waals surface area contributed by atoms with Crippen LogP contribution in [0.5, 0.6) is 0 Å². The van der Waals surface area contributed by atoms with Crippen LogP contribution in [0.1, 0.15) is 18.6 Å². The Morgan fingerprint density at radius 2 is 0.622 bits per heavy atom. The molecule has 1 aliphatic heterocycles. The third kappa shape index (κ3) is 10.6. The highest BCUT2D eigenvalue weighted by Gasteiger charge is 2.31. The molecule has 0 fully saturated rings. The average molecular weight is 1480 g/mol. The maximum absolute atomic E-state index is 5.44. The van der Waals surface area contributed by atoms with E-state index in [0.29, 0.717) is 0 Å². The summed E-state index contributed by atoms with van der Waals surface area (Å²) in [4.78, 5) is 23.7. The first-order chi connectivity index (χ1) is 54.0. The maximum atomic E-state index is 5.44. The molecule has 7 nitrogen and oxygen atoms in total. The van der Waals surface area contributed by atoms with Gasteiger partial charge in [0, 0.05) is 61.9 Å². The minimum absolute atomic E-state index is 0. The topological polar surface area (TPSA) is 64.7 Å². The van der Waals surface area contributed by atoms with Crippen molar-refractivity contribution in [3.8, 4) is 56.4 Å². The largest absolute Gasteiger partial charge is 0.309 e. The number of aromatic nitrogens is 6. The van der Waals surface area contributed by atoms with Gasteiger partial charge in [0.2, 0.25) is 0 Å². The summed E-state index contributed by atoms with van der Waals surface area (Å²) in [6.07, 6.45) is 1.04. The van der Waals surface area contributed by atoms with Crippen LogP contribution in [0.15, 0.2) is 368 Å². The molecule has 0 spiro atoms. The van der Waals surface area contributed by atoms with Crippen LogP contribution < -0.4 is 4.90 Å². The predicted octanol–water partition coefficient (Wildman–Crippen LogP) is 27.4. The lowest BCUT2D eigenvalue weighted by Gasteiger charge is -2.35. The molecule has 0 bridgehead atoms. The molecular formula is C102H66BBrN7. The van der Waals surface area contributed by atoms with Gasteiger partial charge in [0.1, 0.15) is 11.4 Å². The summed E-state index contributed by atoms with van der Waals surface area (Å²) in [5.41, 5.74) is 23.5. The quantitative estimate of drug-likeness (QED) is 0.161. The zero-order chi connectivity index (χ0) is 71.8. The van der Waals surface area contributed by atoms with Crippen molar-refractivity contribution in [3.05, 3.63) is 380 Å². The summed E-state index contributed by atoms with van der Waals surface area (Å²) in [6.45, 7) is 0. The molecule has 22 aromatic rings. The number of hydrogen-bond acceptors (Lipinski definition) is 5. The van der Waals surface area contributed by atoms with Crippen molar-refractivity contribution in [1.82, 2.24) is 29.1 Å². The fourth-order valence-electron chi connectivity index (χ4n) is 17.7. The van der Waals surface area contributed by atoms with Crippen molar-refractivity contribution in [2.75, 3.05) is 4.90 Å². The first-order valence-corrected chi connectivity index (χ1v) is 37.9. The molecule has 0 atom stereocenters. The Bertz CT molecular complexity index is 7470. The third-order valence-corrected chi connectivity index (χ3v) is 23.1. The van der Waals surface area contributed by atoms with Gasteiger partial charge < -0.3 is 4.90 Å². The van der Waals surface area contributed by atoms with E-state index in [9.17, 15) is 0 Å². The molecule has 2 aliphatic rings. The lowest BCUT2D eigenvalue weighted by molar-refractivity contribution is 1.08. The first-order valence-electron chi connectivity index (χ1n) is 37.1. The van der Waals surface area contributed by atoms with Crippen molar-refractivity contribution in [2.24, 2.45) is 0 Å². The zero-order valence-corrected chi connectivity index (χ0v) is 61.0. The number of halogens is 1. The normalized spacial score (nSPS) is 12.0. The van der Waals surface area contributed by atoms with Crippen LogP contribution in [-0.2, 0) is 6.42 Å². The van der Waals surface area contributed by atoms with Crippen molar-refractivity contribution in [3.63, 3.8) is 0 Å². The Balaban J connectivity index is 0.000000120. The summed E-state index contributed by atoms with van der Waals surface area (Å²) < 4.78 is 5.63. The van der Waals surface area contributed by atoms with Crippen LogP contribution >= 0.6 is 15.9 Å². The Kier molecular flexibility index (Phi) is 16.1. The van der Waals surface area contributed by atoms with Crippen LogP contribution in [0.25, 0.3) is 187 Å². The van der Waals surface area contributed by atoms with Gasteiger partial charge in [-0.1, -0.05) is 308 Å². The standard InChI is InChI=1S/C50H30N4.C30H18BrN3.C21H14.CH4.B/c1-2-16-33-31(13-1)27-29-46-48(33)39-21-11-14-32-15-12-26-45(47(32)39)53(46)44-30-28-38(34-17-3-4-18-35(34)44)49-50(52-41-23-8-7-22-40(41)51-49)54-42-24-9-5-19-36(42)37-20-6-10-25-43(37)54;31-24-18-17-23(19-9-1-2-10-20(19)24)29-30(33-26-14-6-5-13-25(26)32-29)34-27-15-7-3-11-21(27)22-12-4-8-16-28(22)34;1-2-9-18-14(5-1)11-12-17-13-16-8-3-6-15-7-4-10-19(20(15)16)21(17)18;;/h1-30H;1-18H;1-12H,13H2;1H4;. The minimum Gasteiger partial charge on any atom is -0.309 e. The highest BCUT2D eigenvalue weighted by atomic mass is 79.9. The molecule has 24 rings (SSSR count). The van der Waals surface area contributed by atoms with Crippen LogP contribution in [0.2, 0.25) is 0 Å². The third-order valence-electron chi connectivity index (χ3n) is 22.4. The van der Waals surface area contributed by atoms with Gasteiger partial charge in [-0.3, -0.25) is 9.13 Å². The molecule has 9 heteroatoms. The van der Waals surface area contributed by atoms with Crippen molar-refractivity contribution < 1.29 is 0 Å². The summed E-state index contributed by atoms with van der Waals surface area (Å²) >= 11 is 3.72. The minimum atomic E-state index is 0. The van der Waals surface area contributed by atoms with Crippen LogP contribution in [0.3, 0.4) is 0 Å². The fourth-order valence-corrected chi connectivity index (χ4v) is 18.2. The van der Waals surface area contributed by atoms with Crippen molar-refractivity contribution >= 4 is 172 Å². The maximum Gasteiger partial charge on any atom is 0.165 e. The van der Waals surface area contributed by atoms with Crippen molar-refractivity contribution in [1.29, 1.82) is 0 Å². The molecule has 0 unspecified atom stereocenters. The highest BCUT2D eigenvalue weighted by Crippen LogP contribution is 2.55. The molecule has 0 saturated heterocycles. The monoisotopic (exact) mass is 1480 g/mol. The van der Waals surface area contributed by atoms with E-state index < -0.39 is 0 Å². The number of fused-ring (bicyclic) bond motifs is 18. The number of hydrogen-bond donors (Lipinski definition) is 0. The average Bonchev–Trinajstić information content (AvgIpc) is 1.68. The van der Waals surface area contributed by atoms with E-state index in [1.807, 2.05) is 36.4 Å². The van der Waals surface area contributed by atoms with Gasteiger partial charge in [0.25, 0.3) is 0 Å². The number of anilines is 3. The van der Waals surface area contributed by atoms with E-state index >= 15 is 0 Å². The van der Waals surface area contributed by atoms with Crippen LogP contribution in [0.4, 0.5) is 17.1 Å². The Labute approximate surface area is 651 Å².